The molecule has 0 aliphatic carbocycles. The van der Waals surface area contributed by atoms with E-state index >= 15 is 0 Å². The van der Waals surface area contributed by atoms with E-state index in [1.54, 1.807) is 18.2 Å². The van der Waals surface area contributed by atoms with E-state index in [2.05, 4.69) is 0 Å². The highest BCUT2D eigenvalue weighted by Gasteiger charge is 2.18. The third-order valence-corrected chi connectivity index (χ3v) is 3.36. The Bertz CT molecular complexity index is 855. The molecule has 6 nitrogen and oxygen atoms in total. The number of esters is 2. The van der Waals surface area contributed by atoms with Crippen LogP contribution in [0.2, 0.25) is 0 Å². The number of furan rings is 1. The predicted molar refractivity (Wildman–Crippen MR) is 92.3 cm³/mol. The first kappa shape index (κ1) is 17.3. The summed E-state index contributed by atoms with van der Waals surface area (Å²) in [7, 11) is 0. The summed E-state index contributed by atoms with van der Waals surface area (Å²) >= 11 is 0. The van der Waals surface area contributed by atoms with Crippen molar-refractivity contribution in [1.29, 1.82) is 0 Å². The zero-order chi connectivity index (χ0) is 18.2. The van der Waals surface area contributed by atoms with Crippen molar-refractivity contribution in [3.63, 3.8) is 0 Å². The Balaban J connectivity index is 1.56. The Morgan fingerprint density at radius 1 is 0.808 bits per heavy atom. The van der Waals surface area contributed by atoms with Crippen LogP contribution in [0.5, 0.6) is 11.5 Å². The lowest BCUT2D eigenvalue weighted by Crippen LogP contribution is -2.15. The number of hydrogen-bond donors (Lipinski definition) is 0. The van der Waals surface area contributed by atoms with Crippen molar-refractivity contribution in [2.45, 2.75) is 0 Å². The van der Waals surface area contributed by atoms with Crippen LogP contribution in [0.15, 0.2) is 77.4 Å². The second kappa shape index (κ2) is 8.53. The van der Waals surface area contributed by atoms with Crippen molar-refractivity contribution in [2.75, 3.05) is 13.2 Å². The van der Waals surface area contributed by atoms with Crippen LogP contribution in [0.1, 0.15) is 20.9 Å². The lowest BCUT2D eigenvalue weighted by Gasteiger charge is -2.10. The molecule has 1 aromatic heterocycles. The van der Waals surface area contributed by atoms with E-state index in [1.165, 1.54) is 24.5 Å². The van der Waals surface area contributed by atoms with E-state index in [-0.39, 0.29) is 30.3 Å². The van der Waals surface area contributed by atoms with Gasteiger partial charge in [-0.05, 0) is 36.4 Å². The molecule has 0 unspecified atom stereocenters. The molecule has 0 fully saturated rings. The average Bonchev–Trinajstić information content (AvgIpc) is 3.21. The molecule has 0 atom stereocenters. The first-order chi connectivity index (χ1) is 12.7. The van der Waals surface area contributed by atoms with Gasteiger partial charge >= 0.3 is 11.9 Å². The molecule has 0 spiro atoms. The van der Waals surface area contributed by atoms with Crippen LogP contribution >= 0.6 is 0 Å². The van der Waals surface area contributed by atoms with Crippen LogP contribution in [0.4, 0.5) is 0 Å². The van der Waals surface area contributed by atoms with Crippen molar-refractivity contribution < 1.29 is 28.2 Å². The molecular formula is C20H16O6. The Kier molecular flexibility index (Phi) is 5.67. The van der Waals surface area contributed by atoms with Gasteiger partial charge in [0, 0.05) is 0 Å². The fraction of sp³-hybridized carbons (Fsp3) is 0.100. The zero-order valence-electron chi connectivity index (χ0n) is 13.8. The van der Waals surface area contributed by atoms with Gasteiger partial charge in [0.25, 0.3) is 0 Å². The minimum atomic E-state index is -0.692. The van der Waals surface area contributed by atoms with Gasteiger partial charge in [-0.15, -0.1) is 0 Å². The SMILES string of the molecule is O=C(Oc1ccccc1C(=O)OCCOc1ccccc1)c1ccco1. The lowest BCUT2D eigenvalue weighted by molar-refractivity contribution is 0.0445. The summed E-state index contributed by atoms with van der Waals surface area (Å²) in [6.45, 7) is 0.276. The van der Waals surface area contributed by atoms with Crippen molar-refractivity contribution in [2.24, 2.45) is 0 Å². The molecule has 0 N–H and O–H groups in total. The van der Waals surface area contributed by atoms with Crippen molar-refractivity contribution in [3.05, 3.63) is 84.3 Å². The Hall–Kier alpha value is -3.54. The van der Waals surface area contributed by atoms with Gasteiger partial charge in [0.2, 0.25) is 5.76 Å². The third kappa shape index (κ3) is 4.51. The normalized spacial score (nSPS) is 10.2. The van der Waals surface area contributed by atoms with E-state index < -0.39 is 11.9 Å². The first-order valence-corrected chi connectivity index (χ1v) is 7.94. The second-order valence-corrected chi connectivity index (χ2v) is 5.16. The van der Waals surface area contributed by atoms with Gasteiger partial charge in [-0.1, -0.05) is 30.3 Å². The van der Waals surface area contributed by atoms with Gasteiger partial charge < -0.3 is 18.6 Å². The molecule has 132 valence electrons. The Morgan fingerprint density at radius 2 is 1.58 bits per heavy atom. The molecule has 3 aromatic rings. The molecular weight excluding hydrogens is 336 g/mol. The highest BCUT2D eigenvalue weighted by Crippen LogP contribution is 2.20. The number of benzene rings is 2. The van der Waals surface area contributed by atoms with Crippen molar-refractivity contribution in [1.82, 2.24) is 0 Å². The lowest BCUT2D eigenvalue weighted by atomic mass is 10.2. The molecule has 0 aliphatic rings. The molecule has 0 aliphatic heterocycles. The fourth-order valence-corrected chi connectivity index (χ4v) is 2.16. The van der Waals surface area contributed by atoms with Gasteiger partial charge in [0.05, 0.1) is 6.26 Å². The summed E-state index contributed by atoms with van der Waals surface area (Å²) in [5.41, 5.74) is 0.145. The molecule has 0 saturated heterocycles. The van der Waals surface area contributed by atoms with Crippen LogP contribution in [0.3, 0.4) is 0 Å². The maximum Gasteiger partial charge on any atom is 0.379 e. The standard InChI is InChI=1S/C20H16O6/c21-19(25-14-13-23-15-7-2-1-3-8-15)16-9-4-5-10-17(16)26-20(22)18-11-6-12-24-18/h1-12H,13-14H2. The first-order valence-electron chi connectivity index (χ1n) is 7.94. The van der Waals surface area contributed by atoms with Crippen LogP contribution in [-0.4, -0.2) is 25.2 Å². The number of rotatable bonds is 7. The summed E-state index contributed by atoms with van der Waals surface area (Å²) in [5, 5.41) is 0. The van der Waals surface area contributed by atoms with Gasteiger partial charge in [-0.25, -0.2) is 9.59 Å². The summed E-state index contributed by atoms with van der Waals surface area (Å²) in [6, 6.07) is 18.6. The minimum Gasteiger partial charge on any atom is -0.490 e. The molecule has 6 heteroatoms. The average molecular weight is 352 g/mol. The molecule has 0 radical (unpaired) electrons. The number of ether oxygens (including phenoxy) is 3. The number of hydrogen-bond acceptors (Lipinski definition) is 6. The largest absolute Gasteiger partial charge is 0.490 e. The van der Waals surface area contributed by atoms with E-state index in [0.717, 1.165) is 0 Å². The molecule has 3 rings (SSSR count). The Labute approximate surface area is 149 Å². The molecule has 0 saturated carbocycles. The van der Waals surface area contributed by atoms with Gasteiger partial charge in [0.15, 0.2) is 0 Å². The molecule has 2 aromatic carbocycles. The monoisotopic (exact) mass is 352 g/mol. The summed E-state index contributed by atoms with van der Waals surface area (Å²) in [4.78, 5) is 24.2. The van der Waals surface area contributed by atoms with Gasteiger partial charge in [-0.2, -0.15) is 0 Å². The zero-order valence-corrected chi connectivity index (χ0v) is 13.8. The number of carbonyl (C=O) groups excluding carboxylic acids is 2. The molecule has 0 amide bonds. The smallest absolute Gasteiger partial charge is 0.379 e. The quantitative estimate of drug-likeness (QED) is 0.366. The van der Waals surface area contributed by atoms with E-state index in [0.29, 0.717) is 5.75 Å². The van der Waals surface area contributed by atoms with Crippen molar-refractivity contribution in [3.8, 4) is 11.5 Å². The van der Waals surface area contributed by atoms with Crippen LogP contribution in [-0.2, 0) is 4.74 Å². The van der Waals surface area contributed by atoms with Crippen molar-refractivity contribution >= 4 is 11.9 Å². The highest BCUT2D eigenvalue weighted by atomic mass is 16.6. The van der Waals surface area contributed by atoms with Crippen LogP contribution < -0.4 is 9.47 Å². The molecule has 1 heterocycles. The van der Waals surface area contributed by atoms with Crippen LogP contribution in [0.25, 0.3) is 0 Å². The van der Waals surface area contributed by atoms with E-state index in [4.69, 9.17) is 18.6 Å². The van der Waals surface area contributed by atoms with E-state index in [9.17, 15) is 9.59 Å². The molecule has 26 heavy (non-hydrogen) atoms. The fourth-order valence-electron chi connectivity index (χ4n) is 2.16. The van der Waals surface area contributed by atoms with Crippen LogP contribution in [0, 0.1) is 0 Å². The van der Waals surface area contributed by atoms with Gasteiger partial charge in [0.1, 0.15) is 30.3 Å². The maximum atomic E-state index is 12.3. The Morgan fingerprint density at radius 3 is 2.35 bits per heavy atom. The highest BCUT2D eigenvalue weighted by molar-refractivity contribution is 5.95. The maximum absolute atomic E-state index is 12.3. The summed E-state index contributed by atoms with van der Waals surface area (Å²) < 4.78 is 20.8. The minimum absolute atomic E-state index is 0.0458. The number of carbonyl (C=O) groups is 2. The number of para-hydroxylation sites is 2. The summed E-state index contributed by atoms with van der Waals surface area (Å²) in [5.74, 6) is -0.462. The predicted octanol–water partition coefficient (Wildman–Crippen LogP) is 3.73. The molecule has 0 bridgehead atoms. The van der Waals surface area contributed by atoms with E-state index in [1.807, 2.05) is 30.3 Å². The third-order valence-electron chi connectivity index (χ3n) is 3.36. The summed E-state index contributed by atoms with van der Waals surface area (Å²) in [6.07, 6.45) is 1.36. The second-order valence-electron chi connectivity index (χ2n) is 5.16. The van der Waals surface area contributed by atoms with Gasteiger partial charge in [-0.3, -0.25) is 0 Å². The topological polar surface area (TPSA) is 75.0 Å².